The fourth-order valence-electron chi connectivity index (χ4n) is 2.98. The third-order valence-electron chi connectivity index (χ3n) is 4.55. The highest BCUT2D eigenvalue weighted by Gasteiger charge is 2.21. The minimum Gasteiger partial charge on any atom is -0.497 e. The molecule has 1 amide bonds. The molecule has 1 aliphatic heterocycles. The summed E-state index contributed by atoms with van der Waals surface area (Å²) in [5, 5.41) is 1.10. The molecule has 1 heterocycles. The number of nitrogens with zero attached hydrogens (tertiary/aromatic N) is 2. The van der Waals surface area contributed by atoms with Crippen LogP contribution in [0.4, 0.5) is 5.69 Å². The summed E-state index contributed by atoms with van der Waals surface area (Å²) in [5.41, 5.74) is 2.24. The van der Waals surface area contributed by atoms with Crippen LogP contribution in [0.15, 0.2) is 42.5 Å². The van der Waals surface area contributed by atoms with Crippen LogP contribution >= 0.6 is 35.0 Å². The number of hydrogen-bond acceptors (Lipinski definition) is 4. The van der Waals surface area contributed by atoms with Crippen LogP contribution in [0, 0.1) is 0 Å². The van der Waals surface area contributed by atoms with Crippen LogP contribution < -0.4 is 9.64 Å². The lowest BCUT2D eigenvalue weighted by atomic mass is 10.2. The molecule has 0 aliphatic carbocycles. The first-order valence-electron chi connectivity index (χ1n) is 8.75. The molecule has 0 spiro atoms. The largest absolute Gasteiger partial charge is 0.497 e. The summed E-state index contributed by atoms with van der Waals surface area (Å²) < 4.78 is 5.20. The molecule has 27 heavy (non-hydrogen) atoms. The van der Waals surface area contributed by atoms with Gasteiger partial charge < -0.3 is 14.5 Å². The number of halogens is 2. The van der Waals surface area contributed by atoms with E-state index < -0.39 is 0 Å². The molecule has 4 nitrogen and oxygen atoms in total. The van der Waals surface area contributed by atoms with Gasteiger partial charge in [-0.05, 0) is 42.0 Å². The molecule has 0 radical (unpaired) electrons. The lowest BCUT2D eigenvalue weighted by Gasteiger charge is -2.36. The Balaban J connectivity index is 1.43. The highest BCUT2D eigenvalue weighted by Crippen LogP contribution is 2.25. The minimum atomic E-state index is 0.189. The summed E-state index contributed by atoms with van der Waals surface area (Å²) >= 11 is 13.6. The van der Waals surface area contributed by atoms with Gasteiger partial charge in [0.1, 0.15) is 5.75 Å². The molecule has 0 bridgehead atoms. The van der Waals surface area contributed by atoms with Crippen molar-refractivity contribution >= 4 is 46.6 Å². The maximum atomic E-state index is 12.5. The first kappa shape index (κ1) is 20.2. The van der Waals surface area contributed by atoms with Crippen molar-refractivity contribution in [2.24, 2.45) is 0 Å². The number of rotatable bonds is 6. The van der Waals surface area contributed by atoms with E-state index in [1.807, 2.05) is 29.2 Å². The summed E-state index contributed by atoms with van der Waals surface area (Å²) in [6.45, 7) is 3.18. The van der Waals surface area contributed by atoms with Crippen molar-refractivity contribution < 1.29 is 9.53 Å². The fourth-order valence-corrected chi connectivity index (χ4v) is 4.18. The third-order valence-corrected chi connectivity index (χ3v) is 6.28. The van der Waals surface area contributed by atoms with Gasteiger partial charge in [-0.25, -0.2) is 0 Å². The van der Waals surface area contributed by atoms with Gasteiger partial charge >= 0.3 is 0 Å². The van der Waals surface area contributed by atoms with Gasteiger partial charge in [-0.3, -0.25) is 4.79 Å². The van der Waals surface area contributed by atoms with E-state index in [1.165, 1.54) is 0 Å². The Morgan fingerprint density at radius 3 is 2.37 bits per heavy atom. The highest BCUT2D eigenvalue weighted by atomic mass is 35.5. The molecule has 1 aliphatic rings. The van der Waals surface area contributed by atoms with Gasteiger partial charge in [-0.2, -0.15) is 0 Å². The molecule has 7 heteroatoms. The molecule has 3 rings (SSSR count). The number of carbonyl (C=O) groups excluding carboxylic acids is 1. The van der Waals surface area contributed by atoms with E-state index >= 15 is 0 Å². The highest BCUT2D eigenvalue weighted by molar-refractivity contribution is 7.99. The second-order valence-electron chi connectivity index (χ2n) is 6.31. The zero-order valence-corrected chi connectivity index (χ0v) is 17.5. The molecular formula is C20H22Cl2N2O2S. The maximum absolute atomic E-state index is 12.5. The predicted octanol–water partition coefficient (Wildman–Crippen LogP) is 4.58. The zero-order valence-electron chi connectivity index (χ0n) is 15.2. The first-order chi connectivity index (χ1) is 13.1. The Morgan fingerprint density at radius 2 is 1.74 bits per heavy atom. The van der Waals surface area contributed by atoms with E-state index in [9.17, 15) is 4.79 Å². The van der Waals surface area contributed by atoms with Gasteiger partial charge in [-0.1, -0.05) is 29.3 Å². The van der Waals surface area contributed by atoms with Gasteiger partial charge in [0.15, 0.2) is 0 Å². The molecule has 2 aromatic carbocycles. The minimum absolute atomic E-state index is 0.189. The van der Waals surface area contributed by atoms with Crippen LogP contribution in [0.2, 0.25) is 10.0 Å². The number of amides is 1. The summed E-state index contributed by atoms with van der Waals surface area (Å²) in [5.74, 6) is 2.26. The Morgan fingerprint density at radius 1 is 1.04 bits per heavy atom. The Hall–Kier alpha value is -1.56. The topological polar surface area (TPSA) is 32.8 Å². The fraction of sp³-hybridized carbons (Fsp3) is 0.350. The van der Waals surface area contributed by atoms with Crippen molar-refractivity contribution in [2.75, 3.05) is 43.9 Å². The second kappa shape index (κ2) is 9.58. The molecule has 2 aromatic rings. The van der Waals surface area contributed by atoms with Crippen molar-refractivity contribution in [1.29, 1.82) is 0 Å². The van der Waals surface area contributed by atoms with Gasteiger partial charge in [0.25, 0.3) is 0 Å². The van der Waals surface area contributed by atoms with Crippen LogP contribution in [-0.4, -0.2) is 49.8 Å². The smallest absolute Gasteiger partial charge is 0.232 e. The normalized spacial score (nSPS) is 14.3. The Bertz CT molecular complexity index is 778. The quantitative estimate of drug-likeness (QED) is 0.678. The number of piperazine rings is 1. The van der Waals surface area contributed by atoms with Crippen molar-refractivity contribution in [2.45, 2.75) is 5.75 Å². The molecule has 0 atom stereocenters. The summed E-state index contributed by atoms with van der Waals surface area (Å²) in [4.78, 5) is 16.7. The standard InChI is InChI=1S/C20H22Cl2N2O2S/c1-26-17-5-3-16(4-6-17)23-8-10-24(11-9-23)20(25)14-27-13-15-2-7-18(21)19(22)12-15/h2-7,12H,8-11,13-14H2,1H3. The zero-order chi connectivity index (χ0) is 19.2. The van der Waals surface area contributed by atoms with Crippen LogP contribution in [0.3, 0.4) is 0 Å². The SMILES string of the molecule is COc1ccc(N2CCN(C(=O)CSCc3ccc(Cl)c(Cl)c3)CC2)cc1. The number of hydrogen-bond donors (Lipinski definition) is 0. The number of carbonyl (C=O) groups is 1. The summed E-state index contributed by atoms with van der Waals surface area (Å²) in [6, 6.07) is 13.6. The molecule has 1 fully saturated rings. The van der Waals surface area contributed by atoms with Gasteiger partial charge in [0.2, 0.25) is 5.91 Å². The number of anilines is 1. The molecule has 0 unspecified atom stereocenters. The van der Waals surface area contributed by atoms with Crippen molar-refractivity contribution in [3.8, 4) is 5.75 Å². The molecule has 0 N–H and O–H groups in total. The van der Waals surface area contributed by atoms with E-state index in [2.05, 4.69) is 17.0 Å². The van der Waals surface area contributed by atoms with Crippen molar-refractivity contribution in [1.82, 2.24) is 4.90 Å². The number of benzene rings is 2. The van der Waals surface area contributed by atoms with E-state index in [4.69, 9.17) is 27.9 Å². The van der Waals surface area contributed by atoms with E-state index in [1.54, 1.807) is 24.9 Å². The van der Waals surface area contributed by atoms with Crippen LogP contribution in [0.5, 0.6) is 5.75 Å². The Kier molecular flexibility index (Phi) is 7.16. The second-order valence-corrected chi connectivity index (χ2v) is 8.11. The van der Waals surface area contributed by atoms with Gasteiger partial charge in [0.05, 0.1) is 22.9 Å². The average Bonchev–Trinajstić information content (AvgIpc) is 2.71. The molecule has 0 saturated carbocycles. The maximum Gasteiger partial charge on any atom is 0.232 e. The summed E-state index contributed by atoms with van der Waals surface area (Å²) in [7, 11) is 1.67. The average molecular weight is 425 g/mol. The number of thioether (sulfide) groups is 1. The van der Waals surface area contributed by atoms with Crippen molar-refractivity contribution in [3.63, 3.8) is 0 Å². The number of ether oxygens (including phenoxy) is 1. The number of methoxy groups -OCH3 is 1. The van der Waals surface area contributed by atoms with Gasteiger partial charge in [0, 0.05) is 37.6 Å². The molecular weight excluding hydrogens is 403 g/mol. The monoisotopic (exact) mass is 424 g/mol. The van der Waals surface area contributed by atoms with Crippen LogP contribution in [0.25, 0.3) is 0 Å². The van der Waals surface area contributed by atoms with Crippen molar-refractivity contribution in [3.05, 3.63) is 58.1 Å². The lowest BCUT2D eigenvalue weighted by molar-refractivity contribution is -0.128. The molecule has 144 valence electrons. The first-order valence-corrected chi connectivity index (χ1v) is 10.7. The third kappa shape index (κ3) is 5.47. The van der Waals surface area contributed by atoms with E-state index in [0.29, 0.717) is 15.8 Å². The summed E-state index contributed by atoms with van der Waals surface area (Å²) in [6.07, 6.45) is 0. The molecule has 0 aromatic heterocycles. The van der Waals surface area contributed by atoms with Crippen LogP contribution in [0.1, 0.15) is 5.56 Å². The predicted molar refractivity (Wildman–Crippen MR) is 114 cm³/mol. The van der Waals surface area contributed by atoms with E-state index in [-0.39, 0.29) is 5.91 Å². The lowest BCUT2D eigenvalue weighted by Crippen LogP contribution is -2.49. The Labute approximate surface area is 174 Å². The molecule has 1 saturated heterocycles. The van der Waals surface area contributed by atoms with Crippen LogP contribution in [-0.2, 0) is 10.5 Å². The van der Waals surface area contributed by atoms with Gasteiger partial charge in [-0.15, -0.1) is 11.8 Å². The van der Waals surface area contributed by atoms with E-state index in [0.717, 1.165) is 48.9 Å².